The summed E-state index contributed by atoms with van der Waals surface area (Å²) in [6.07, 6.45) is 6.67. The number of rotatable bonds is 3. The maximum Gasteiger partial charge on any atom is 0.151 e. The number of piperidine rings is 1. The number of anilines is 2. The Morgan fingerprint density at radius 2 is 1.96 bits per heavy atom. The Balaban J connectivity index is 1.42. The van der Waals surface area contributed by atoms with Crippen LogP contribution in [-0.4, -0.2) is 45.3 Å². The van der Waals surface area contributed by atoms with Crippen LogP contribution in [0.15, 0.2) is 28.4 Å². The molecule has 2 atom stereocenters. The highest BCUT2D eigenvalue weighted by atomic mass is 35.5. The number of hydrogen-bond acceptors (Lipinski definition) is 8. The summed E-state index contributed by atoms with van der Waals surface area (Å²) in [6, 6.07) is 1.75. The molecule has 0 amide bonds. The van der Waals surface area contributed by atoms with Crippen molar-refractivity contribution in [3.05, 3.63) is 28.6 Å². The van der Waals surface area contributed by atoms with E-state index in [4.69, 9.17) is 34.7 Å². The third-order valence-electron chi connectivity index (χ3n) is 5.77. The third kappa shape index (κ3) is 3.89. The van der Waals surface area contributed by atoms with Crippen LogP contribution in [0.4, 0.5) is 11.6 Å². The molecule has 2 fully saturated rings. The van der Waals surface area contributed by atoms with Crippen molar-refractivity contribution in [2.75, 3.05) is 23.7 Å². The molecule has 1 aliphatic carbocycles. The van der Waals surface area contributed by atoms with Crippen molar-refractivity contribution in [3.8, 4) is 0 Å². The van der Waals surface area contributed by atoms with Gasteiger partial charge in [0.25, 0.3) is 0 Å². The lowest BCUT2D eigenvalue weighted by molar-refractivity contribution is 0.141. The van der Waals surface area contributed by atoms with Crippen LogP contribution in [0.5, 0.6) is 0 Å². The molecular weight excluding hydrogens is 419 g/mol. The first kappa shape index (κ1) is 20.0. The van der Waals surface area contributed by atoms with Gasteiger partial charge in [-0.3, -0.25) is 0 Å². The second-order valence-electron chi connectivity index (χ2n) is 7.51. The van der Waals surface area contributed by atoms with E-state index >= 15 is 0 Å². The number of pyridine rings is 1. The van der Waals surface area contributed by atoms with E-state index in [1.54, 1.807) is 18.5 Å². The lowest BCUT2D eigenvalue weighted by atomic mass is 9.74. The smallest absolute Gasteiger partial charge is 0.151 e. The van der Waals surface area contributed by atoms with Crippen LogP contribution in [0.2, 0.25) is 10.2 Å². The Morgan fingerprint density at radius 3 is 2.57 bits per heavy atom. The molecule has 28 heavy (non-hydrogen) atoms. The molecule has 7 nitrogen and oxygen atoms in total. The van der Waals surface area contributed by atoms with E-state index in [0.29, 0.717) is 27.2 Å². The Labute approximate surface area is 177 Å². The highest BCUT2D eigenvalue weighted by molar-refractivity contribution is 7.99. The Morgan fingerprint density at radius 1 is 1.21 bits per heavy atom. The molecule has 4 rings (SSSR count). The van der Waals surface area contributed by atoms with Gasteiger partial charge in [-0.2, -0.15) is 0 Å². The molecule has 2 aromatic heterocycles. The van der Waals surface area contributed by atoms with Gasteiger partial charge in [0.15, 0.2) is 5.15 Å². The maximum atomic E-state index is 9.96. The SMILES string of the molecule is Nc1cc(Sc2cnc(N3CCC4(CC3)C[C@H](O)C[C@H]4N)cn2)c(Cl)c(Cl)n1. The first-order valence-electron chi connectivity index (χ1n) is 9.16. The average Bonchev–Trinajstić information content (AvgIpc) is 2.93. The standard InChI is InChI=1S/C18H22Cl2N6OS/c19-16-11(6-13(22)25-17(16)20)28-15-9-23-14(8-24-15)26-3-1-18(2-4-26)7-10(27)5-12(18)21/h6,8-10,12,27H,1-5,7,21H2,(H2,22,25)/t10-,12-/m1/s1. The minimum absolute atomic E-state index is 0.0659. The molecule has 1 saturated heterocycles. The Bertz CT molecular complexity index is 860. The fraction of sp³-hybridized carbons (Fsp3) is 0.500. The summed E-state index contributed by atoms with van der Waals surface area (Å²) >= 11 is 13.5. The molecule has 2 aromatic rings. The largest absolute Gasteiger partial charge is 0.393 e. The average molecular weight is 441 g/mol. The van der Waals surface area contributed by atoms with Gasteiger partial charge in [0.05, 0.1) is 23.5 Å². The van der Waals surface area contributed by atoms with Crippen LogP contribution in [0, 0.1) is 5.41 Å². The molecule has 2 aliphatic rings. The van der Waals surface area contributed by atoms with Gasteiger partial charge in [-0.25, -0.2) is 15.0 Å². The number of aliphatic hydroxyl groups is 1. The lowest BCUT2D eigenvalue weighted by Crippen LogP contribution is -2.47. The van der Waals surface area contributed by atoms with Crippen LogP contribution in [0.1, 0.15) is 25.7 Å². The maximum absolute atomic E-state index is 9.96. The quantitative estimate of drug-likeness (QED) is 0.623. The summed E-state index contributed by atoms with van der Waals surface area (Å²) < 4.78 is 0. The number of halogens is 2. The molecule has 10 heteroatoms. The first-order chi connectivity index (χ1) is 13.4. The monoisotopic (exact) mass is 440 g/mol. The van der Waals surface area contributed by atoms with Gasteiger partial charge in [0.2, 0.25) is 0 Å². The number of hydrogen-bond donors (Lipinski definition) is 3. The van der Waals surface area contributed by atoms with Crippen molar-refractivity contribution < 1.29 is 5.11 Å². The zero-order chi connectivity index (χ0) is 19.9. The summed E-state index contributed by atoms with van der Waals surface area (Å²) in [5, 5.41) is 11.2. The number of nitrogens with zero attached hydrogens (tertiary/aromatic N) is 4. The van der Waals surface area contributed by atoms with Crippen LogP contribution in [0.3, 0.4) is 0 Å². The number of aromatic nitrogens is 3. The third-order valence-corrected chi connectivity index (χ3v) is 7.60. The van der Waals surface area contributed by atoms with Gasteiger partial charge in [-0.1, -0.05) is 35.0 Å². The molecule has 0 radical (unpaired) electrons. The van der Waals surface area contributed by atoms with Gasteiger partial charge >= 0.3 is 0 Å². The van der Waals surface area contributed by atoms with E-state index < -0.39 is 0 Å². The summed E-state index contributed by atoms with van der Waals surface area (Å²) in [7, 11) is 0. The predicted octanol–water partition coefficient (Wildman–Crippen LogP) is 2.98. The highest BCUT2D eigenvalue weighted by Gasteiger charge is 2.46. The molecule has 5 N–H and O–H groups in total. The topological polar surface area (TPSA) is 114 Å². The van der Waals surface area contributed by atoms with Crippen molar-refractivity contribution in [1.29, 1.82) is 0 Å². The number of aliphatic hydroxyl groups excluding tert-OH is 1. The van der Waals surface area contributed by atoms with Crippen molar-refractivity contribution in [2.45, 2.75) is 47.8 Å². The number of nitrogen functional groups attached to an aromatic ring is 1. The Kier molecular flexibility index (Phi) is 5.59. The van der Waals surface area contributed by atoms with Crippen LogP contribution >= 0.6 is 35.0 Å². The van der Waals surface area contributed by atoms with Gasteiger partial charge in [-0.05, 0) is 37.2 Å². The molecular formula is C18H22Cl2N6OS. The van der Waals surface area contributed by atoms with Gasteiger partial charge in [0.1, 0.15) is 16.7 Å². The van der Waals surface area contributed by atoms with Gasteiger partial charge < -0.3 is 21.5 Å². The van der Waals surface area contributed by atoms with Gasteiger partial charge in [0, 0.05) is 24.0 Å². The highest BCUT2D eigenvalue weighted by Crippen LogP contribution is 2.46. The van der Waals surface area contributed by atoms with E-state index in [1.807, 2.05) is 0 Å². The van der Waals surface area contributed by atoms with E-state index in [1.165, 1.54) is 11.8 Å². The predicted molar refractivity (Wildman–Crippen MR) is 112 cm³/mol. The van der Waals surface area contributed by atoms with E-state index in [9.17, 15) is 5.11 Å². The molecule has 0 unspecified atom stereocenters. The van der Waals surface area contributed by atoms with Crippen molar-refractivity contribution in [3.63, 3.8) is 0 Å². The van der Waals surface area contributed by atoms with Crippen molar-refractivity contribution in [2.24, 2.45) is 11.1 Å². The zero-order valence-electron chi connectivity index (χ0n) is 15.2. The van der Waals surface area contributed by atoms with E-state index in [0.717, 1.165) is 38.2 Å². The molecule has 1 saturated carbocycles. The fourth-order valence-electron chi connectivity index (χ4n) is 4.21. The van der Waals surface area contributed by atoms with Crippen LogP contribution in [0.25, 0.3) is 0 Å². The second kappa shape index (κ2) is 7.84. The second-order valence-corrected chi connectivity index (χ2v) is 9.31. The molecule has 1 aliphatic heterocycles. The normalized spacial score (nSPS) is 24.1. The molecule has 1 spiro atoms. The summed E-state index contributed by atoms with van der Waals surface area (Å²) in [5.41, 5.74) is 12.1. The first-order valence-corrected chi connectivity index (χ1v) is 10.7. The van der Waals surface area contributed by atoms with Crippen LogP contribution in [-0.2, 0) is 0 Å². The summed E-state index contributed by atoms with van der Waals surface area (Å²) in [6.45, 7) is 1.73. The minimum Gasteiger partial charge on any atom is -0.393 e. The minimum atomic E-state index is -0.264. The van der Waals surface area contributed by atoms with E-state index in [-0.39, 0.29) is 22.7 Å². The van der Waals surface area contributed by atoms with Crippen molar-refractivity contribution in [1.82, 2.24) is 15.0 Å². The van der Waals surface area contributed by atoms with Crippen LogP contribution < -0.4 is 16.4 Å². The summed E-state index contributed by atoms with van der Waals surface area (Å²) in [5.74, 6) is 1.14. The molecule has 0 aromatic carbocycles. The fourth-order valence-corrected chi connectivity index (χ4v) is 5.48. The Hall–Kier alpha value is -1.32. The molecule has 150 valence electrons. The molecule has 3 heterocycles. The number of nitrogens with two attached hydrogens (primary N) is 2. The molecule has 0 bridgehead atoms. The lowest BCUT2D eigenvalue weighted by Gasteiger charge is -2.42. The zero-order valence-corrected chi connectivity index (χ0v) is 17.5. The van der Waals surface area contributed by atoms with Gasteiger partial charge in [-0.15, -0.1) is 0 Å². The summed E-state index contributed by atoms with van der Waals surface area (Å²) in [4.78, 5) is 15.9. The van der Waals surface area contributed by atoms with Crippen molar-refractivity contribution >= 4 is 46.6 Å². The van der Waals surface area contributed by atoms with E-state index in [2.05, 4.69) is 19.9 Å².